The first-order valence-corrected chi connectivity index (χ1v) is 18.8. The van der Waals surface area contributed by atoms with Gasteiger partial charge in [0, 0.05) is 68.9 Å². The molecule has 3 aromatic carbocycles. The van der Waals surface area contributed by atoms with Crippen molar-refractivity contribution in [3.63, 3.8) is 0 Å². The van der Waals surface area contributed by atoms with E-state index in [1.807, 2.05) is 12.1 Å². The number of piperidine rings is 1. The van der Waals surface area contributed by atoms with E-state index in [1.165, 1.54) is 22.9 Å². The fourth-order valence-electron chi connectivity index (χ4n) is 7.73. The predicted molar refractivity (Wildman–Crippen MR) is 201 cm³/mol. The van der Waals surface area contributed by atoms with Crippen LogP contribution in [0.5, 0.6) is 17.2 Å². The van der Waals surface area contributed by atoms with Crippen LogP contribution >= 0.6 is 11.6 Å². The number of pyridine rings is 1. The Morgan fingerprint density at radius 2 is 1.67 bits per heavy atom. The zero-order valence-electron chi connectivity index (χ0n) is 29.8. The molecule has 0 unspecified atom stereocenters. The van der Waals surface area contributed by atoms with Gasteiger partial charge in [-0.1, -0.05) is 41.9 Å². The molecule has 2 saturated heterocycles. The molecule has 0 bridgehead atoms. The summed E-state index contributed by atoms with van der Waals surface area (Å²) in [5.74, 6) is 2.12. The van der Waals surface area contributed by atoms with Crippen molar-refractivity contribution in [3.05, 3.63) is 105 Å². The minimum Gasteiger partial charge on any atom is -0.493 e. The normalized spacial score (nSPS) is 19.4. The number of aliphatic hydroxyl groups is 2. The topological polar surface area (TPSA) is 111 Å². The highest BCUT2D eigenvalue weighted by molar-refractivity contribution is 6.32. The number of hydrogen-bond donors (Lipinski definition) is 2. The highest BCUT2D eigenvalue weighted by Crippen LogP contribution is 2.44. The third-order valence-electron chi connectivity index (χ3n) is 10.6. The zero-order chi connectivity index (χ0) is 36.0. The molecule has 2 aliphatic heterocycles. The fraction of sp³-hybridized carbons (Fsp3) is 0.429. The van der Waals surface area contributed by atoms with Crippen LogP contribution in [0.3, 0.4) is 0 Å². The third kappa shape index (κ3) is 8.54. The smallest absolute Gasteiger partial charge is 0.142 e. The first kappa shape index (κ1) is 36.2. The van der Waals surface area contributed by atoms with Crippen LogP contribution in [0.1, 0.15) is 71.6 Å². The highest BCUT2D eigenvalue weighted by atomic mass is 35.5. The Morgan fingerprint density at radius 3 is 2.48 bits per heavy atom. The monoisotopic (exact) mass is 722 g/mol. The second-order valence-corrected chi connectivity index (χ2v) is 14.7. The molecule has 2 atom stereocenters. The summed E-state index contributed by atoms with van der Waals surface area (Å²) in [6.07, 6.45) is 7.67. The van der Waals surface area contributed by atoms with Crippen molar-refractivity contribution >= 4 is 11.6 Å². The number of likely N-dealkylation sites (tertiary alicyclic amines) is 2. The van der Waals surface area contributed by atoms with Crippen molar-refractivity contribution in [2.45, 2.75) is 76.9 Å². The maximum Gasteiger partial charge on any atom is 0.142 e. The molecule has 0 saturated carbocycles. The Morgan fingerprint density at radius 1 is 0.885 bits per heavy atom. The number of β-amino-alcohol motifs (C(OH)–C–C–N with tert-alkyl or cyclic N) is 1. The molecule has 1 aliphatic carbocycles. The van der Waals surface area contributed by atoms with E-state index >= 15 is 0 Å². The van der Waals surface area contributed by atoms with Gasteiger partial charge in [0.1, 0.15) is 36.0 Å². The third-order valence-corrected chi connectivity index (χ3v) is 10.9. The Bertz CT molecular complexity index is 1910. The van der Waals surface area contributed by atoms with Gasteiger partial charge in [0.25, 0.3) is 0 Å². The molecule has 3 aliphatic rings. The van der Waals surface area contributed by atoms with Crippen molar-refractivity contribution in [1.29, 1.82) is 5.26 Å². The van der Waals surface area contributed by atoms with E-state index in [0.717, 1.165) is 92.7 Å². The summed E-state index contributed by atoms with van der Waals surface area (Å²) in [5, 5.41) is 29.8. The van der Waals surface area contributed by atoms with Gasteiger partial charge in [-0.2, -0.15) is 5.26 Å². The maximum atomic E-state index is 10.1. The van der Waals surface area contributed by atoms with Gasteiger partial charge in [-0.25, -0.2) is 0 Å². The van der Waals surface area contributed by atoms with Crippen LogP contribution < -0.4 is 14.2 Å². The number of halogens is 1. The Hall–Kier alpha value is -4.17. The molecule has 2 N–H and O–H groups in total. The molecule has 4 aromatic rings. The van der Waals surface area contributed by atoms with E-state index in [1.54, 1.807) is 12.3 Å². The standard InChI is InChI=1S/C42H47ClN4O5/c1-28-34(5-3-8-39(28)50-18-4-14-46-15-11-32(48)12-16-46)35-6-2-7-37-36(35)9-10-40(37)52-42-21-41(51-27-30-19-29(22-44)23-45-24-30)31(20-38(42)43)25-47-17-13-33(49)26-47/h2-3,5-8,19-21,23-24,32-33,40,48-49H,4,9-18,25-27H2,1H3/t33-,40+/m1/s1. The van der Waals surface area contributed by atoms with E-state index in [0.29, 0.717) is 41.8 Å². The molecule has 3 heterocycles. The lowest BCUT2D eigenvalue weighted by atomic mass is 9.93. The fourth-order valence-corrected chi connectivity index (χ4v) is 7.96. The minimum atomic E-state index is -0.333. The summed E-state index contributed by atoms with van der Waals surface area (Å²) in [6.45, 7) is 7.90. The first-order chi connectivity index (χ1) is 25.3. The number of hydrogen-bond acceptors (Lipinski definition) is 9. The van der Waals surface area contributed by atoms with Gasteiger partial charge in [-0.15, -0.1) is 0 Å². The lowest BCUT2D eigenvalue weighted by Crippen LogP contribution is -2.36. The minimum absolute atomic E-state index is 0.151. The van der Waals surface area contributed by atoms with Crippen molar-refractivity contribution in [3.8, 4) is 34.4 Å². The molecular weight excluding hydrogens is 676 g/mol. The van der Waals surface area contributed by atoms with Crippen LogP contribution in [0.4, 0.5) is 0 Å². The summed E-state index contributed by atoms with van der Waals surface area (Å²) >= 11 is 6.92. The molecule has 10 heteroatoms. The number of rotatable bonds is 13. The molecule has 0 spiro atoms. The molecule has 52 heavy (non-hydrogen) atoms. The van der Waals surface area contributed by atoms with E-state index in [9.17, 15) is 15.5 Å². The first-order valence-electron chi connectivity index (χ1n) is 18.5. The second kappa shape index (κ2) is 16.7. The molecule has 0 amide bonds. The maximum absolute atomic E-state index is 10.1. The van der Waals surface area contributed by atoms with Gasteiger partial charge in [0.15, 0.2) is 0 Å². The van der Waals surface area contributed by atoms with Crippen molar-refractivity contribution < 1.29 is 24.4 Å². The van der Waals surface area contributed by atoms with Crippen LogP contribution in [0.2, 0.25) is 5.02 Å². The average Bonchev–Trinajstić information content (AvgIpc) is 3.77. The summed E-state index contributed by atoms with van der Waals surface area (Å²) in [6, 6.07) is 20.5. The molecule has 272 valence electrons. The molecule has 7 rings (SSSR count). The number of nitriles is 1. The second-order valence-electron chi connectivity index (χ2n) is 14.3. The zero-order valence-corrected chi connectivity index (χ0v) is 30.5. The molecule has 0 radical (unpaired) electrons. The number of aliphatic hydroxyl groups excluding tert-OH is 2. The number of ether oxygens (including phenoxy) is 3. The Balaban J connectivity index is 1.07. The quantitative estimate of drug-likeness (QED) is 0.141. The lowest BCUT2D eigenvalue weighted by Gasteiger charge is -2.29. The van der Waals surface area contributed by atoms with E-state index in [2.05, 4.69) is 64.2 Å². The van der Waals surface area contributed by atoms with Crippen molar-refractivity contribution in [1.82, 2.24) is 14.8 Å². The lowest BCUT2D eigenvalue weighted by molar-refractivity contribution is 0.0800. The number of nitrogens with zero attached hydrogens (tertiary/aromatic N) is 4. The van der Waals surface area contributed by atoms with Gasteiger partial charge in [-0.05, 0) is 91.5 Å². The number of aromatic nitrogens is 1. The Labute approximate surface area is 311 Å². The van der Waals surface area contributed by atoms with Gasteiger partial charge < -0.3 is 29.3 Å². The highest BCUT2D eigenvalue weighted by Gasteiger charge is 2.29. The Kier molecular flexibility index (Phi) is 11.6. The van der Waals surface area contributed by atoms with Gasteiger partial charge in [-0.3, -0.25) is 9.88 Å². The summed E-state index contributed by atoms with van der Waals surface area (Å²) in [5.41, 5.74) is 8.11. The van der Waals surface area contributed by atoms with Gasteiger partial charge >= 0.3 is 0 Å². The molecule has 9 nitrogen and oxygen atoms in total. The van der Waals surface area contributed by atoms with E-state index in [-0.39, 0.29) is 24.9 Å². The van der Waals surface area contributed by atoms with Gasteiger partial charge in [0.05, 0.1) is 29.4 Å². The van der Waals surface area contributed by atoms with Crippen LogP contribution in [-0.4, -0.2) is 76.5 Å². The van der Waals surface area contributed by atoms with Crippen LogP contribution in [0.15, 0.2) is 67.0 Å². The average molecular weight is 723 g/mol. The predicted octanol–water partition coefficient (Wildman–Crippen LogP) is 7.02. The van der Waals surface area contributed by atoms with Crippen LogP contribution in [-0.2, 0) is 19.6 Å². The van der Waals surface area contributed by atoms with Crippen molar-refractivity contribution in [2.75, 3.05) is 39.3 Å². The van der Waals surface area contributed by atoms with Crippen LogP contribution in [0, 0.1) is 18.3 Å². The van der Waals surface area contributed by atoms with Crippen molar-refractivity contribution in [2.24, 2.45) is 0 Å². The largest absolute Gasteiger partial charge is 0.493 e. The summed E-state index contributed by atoms with van der Waals surface area (Å²) < 4.78 is 19.4. The molecule has 2 fully saturated rings. The van der Waals surface area contributed by atoms with E-state index < -0.39 is 0 Å². The summed E-state index contributed by atoms with van der Waals surface area (Å²) in [4.78, 5) is 8.79. The summed E-state index contributed by atoms with van der Waals surface area (Å²) in [7, 11) is 0. The number of benzene rings is 3. The molecular formula is C42H47ClN4O5. The SMILES string of the molecule is Cc1c(OCCCN2CCC(O)CC2)cccc1-c1cccc2c1CC[C@@H]2Oc1cc(OCc2cncc(C#N)c2)c(CN2CC[C@@H](O)C2)cc1Cl. The van der Waals surface area contributed by atoms with Gasteiger partial charge in [0.2, 0.25) is 0 Å². The number of fused-ring (bicyclic) bond motifs is 1. The van der Waals surface area contributed by atoms with Crippen LogP contribution in [0.25, 0.3) is 11.1 Å². The van der Waals surface area contributed by atoms with E-state index in [4.69, 9.17) is 25.8 Å². The molecule has 1 aromatic heterocycles.